The Labute approximate surface area is 130 Å². The van der Waals surface area contributed by atoms with Gasteiger partial charge in [0.05, 0.1) is 4.90 Å². The van der Waals surface area contributed by atoms with E-state index in [-0.39, 0.29) is 11.4 Å². The highest BCUT2D eigenvalue weighted by Gasteiger charge is 2.22. The van der Waals surface area contributed by atoms with E-state index in [1.807, 2.05) is 6.07 Å². The van der Waals surface area contributed by atoms with Gasteiger partial charge in [0.15, 0.2) is 11.6 Å². The first-order chi connectivity index (χ1) is 9.80. The van der Waals surface area contributed by atoms with Gasteiger partial charge in [0, 0.05) is 18.1 Å². The minimum atomic E-state index is -3.88. The SMILES string of the molecule is CN(Cc1cccc(Br)c1)S(=O)(=O)c1ccc(F)c(F)c1. The number of hydrogen-bond donors (Lipinski definition) is 0. The molecule has 3 nitrogen and oxygen atoms in total. The standard InChI is InChI=1S/C14H12BrF2NO2S/c1-18(9-10-3-2-4-11(15)7-10)21(19,20)12-5-6-13(16)14(17)8-12/h2-8H,9H2,1H3. The van der Waals surface area contributed by atoms with Crippen molar-refractivity contribution in [2.75, 3.05) is 7.05 Å². The summed E-state index contributed by atoms with van der Waals surface area (Å²) in [6.45, 7) is 0.126. The second kappa shape index (κ2) is 6.21. The van der Waals surface area contributed by atoms with E-state index in [2.05, 4.69) is 15.9 Å². The second-order valence-corrected chi connectivity index (χ2v) is 7.43. The van der Waals surface area contributed by atoms with Gasteiger partial charge in [-0.2, -0.15) is 4.31 Å². The minimum Gasteiger partial charge on any atom is -0.207 e. The van der Waals surface area contributed by atoms with Gasteiger partial charge in [-0.3, -0.25) is 0 Å². The molecule has 0 unspecified atom stereocenters. The van der Waals surface area contributed by atoms with E-state index in [1.54, 1.807) is 18.2 Å². The molecule has 21 heavy (non-hydrogen) atoms. The Morgan fingerprint density at radius 1 is 1.10 bits per heavy atom. The van der Waals surface area contributed by atoms with Crippen molar-refractivity contribution in [3.8, 4) is 0 Å². The van der Waals surface area contributed by atoms with E-state index in [0.29, 0.717) is 6.07 Å². The van der Waals surface area contributed by atoms with Crippen LogP contribution >= 0.6 is 15.9 Å². The van der Waals surface area contributed by atoms with Gasteiger partial charge in [-0.15, -0.1) is 0 Å². The summed E-state index contributed by atoms with van der Waals surface area (Å²) in [6.07, 6.45) is 0. The number of nitrogens with zero attached hydrogens (tertiary/aromatic N) is 1. The zero-order valence-corrected chi connectivity index (χ0v) is 13.5. The number of hydrogen-bond acceptors (Lipinski definition) is 2. The first-order valence-corrected chi connectivity index (χ1v) is 8.20. The van der Waals surface area contributed by atoms with Crippen molar-refractivity contribution in [2.24, 2.45) is 0 Å². The van der Waals surface area contributed by atoms with Gasteiger partial charge in [0.25, 0.3) is 0 Å². The lowest BCUT2D eigenvalue weighted by Gasteiger charge is -2.17. The molecule has 0 radical (unpaired) electrons. The molecule has 7 heteroatoms. The predicted octanol–water partition coefficient (Wildman–Crippen LogP) is 3.55. The van der Waals surface area contributed by atoms with Crippen LogP contribution in [-0.2, 0) is 16.6 Å². The number of sulfonamides is 1. The van der Waals surface area contributed by atoms with E-state index in [1.165, 1.54) is 7.05 Å². The number of benzene rings is 2. The molecule has 0 fully saturated rings. The highest BCUT2D eigenvalue weighted by atomic mass is 79.9. The first-order valence-electron chi connectivity index (χ1n) is 5.96. The van der Waals surface area contributed by atoms with Crippen molar-refractivity contribution in [3.63, 3.8) is 0 Å². The van der Waals surface area contributed by atoms with Crippen LogP contribution in [-0.4, -0.2) is 19.8 Å². The second-order valence-electron chi connectivity index (χ2n) is 4.47. The molecule has 0 amide bonds. The molecule has 0 bridgehead atoms. The van der Waals surface area contributed by atoms with E-state index >= 15 is 0 Å². The summed E-state index contributed by atoms with van der Waals surface area (Å²) in [5, 5.41) is 0. The summed E-state index contributed by atoms with van der Waals surface area (Å²) in [6, 6.07) is 9.71. The zero-order chi connectivity index (χ0) is 15.6. The lowest BCUT2D eigenvalue weighted by molar-refractivity contribution is 0.463. The quantitative estimate of drug-likeness (QED) is 0.819. The number of rotatable bonds is 4. The maximum absolute atomic E-state index is 13.2. The fourth-order valence-electron chi connectivity index (χ4n) is 1.79. The fourth-order valence-corrected chi connectivity index (χ4v) is 3.41. The predicted molar refractivity (Wildman–Crippen MR) is 79.2 cm³/mol. The van der Waals surface area contributed by atoms with E-state index in [4.69, 9.17) is 0 Å². The van der Waals surface area contributed by atoms with Gasteiger partial charge in [-0.05, 0) is 35.9 Å². The van der Waals surface area contributed by atoms with E-state index < -0.39 is 21.7 Å². The van der Waals surface area contributed by atoms with Crippen molar-refractivity contribution >= 4 is 26.0 Å². The Bertz CT molecular complexity index is 765. The Morgan fingerprint density at radius 3 is 2.43 bits per heavy atom. The Balaban J connectivity index is 2.28. The zero-order valence-electron chi connectivity index (χ0n) is 11.1. The van der Waals surface area contributed by atoms with Gasteiger partial charge >= 0.3 is 0 Å². The van der Waals surface area contributed by atoms with Crippen LogP contribution in [0.25, 0.3) is 0 Å². The van der Waals surface area contributed by atoms with Gasteiger partial charge in [-0.25, -0.2) is 17.2 Å². The van der Waals surface area contributed by atoms with E-state index in [9.17, 15) is 17.2 Å². The van der Waals surface area contributed by atoms with Crippen molar-refractivity contribution in [1.29, 1.82) is 0 Å². The van der Waals surface area contributed by atoms with Crippen molar-refractivity contribution in [3.05, 3.63) is 64.1 Å². The lowest BCUT2D eigenvalue weighted by Crippen LogP contribution is -2.26. The van der Waals surface area contributed by atoms with Crippen LogP contribution in [0, 0.1) is 11.6 Å². The van der Waals surface area contributed by atoms with Crippen LogP contribution in [0.15, 0.2) is 51.8 Å². The Morgan fingerprint density at radius 2 is 1.81 bits per heavy atom. The van der Waals surface area contributed by atoms with Crippen LogP contribution in [0.4, 0.5) is 8.78 Å². The largest absolute Gasteiger partial charge is 0.243 e. The number of halogens is 3. The van der Waals surface area contributed by atoms with Crippen molar-refractivity contribution in [1.82, 2.24) is 4.31 Å². The monoisotopic (exact) mass is 375 g/mol. The van der Waals surface area contributed by atoms with Crippen LogP contribution in [0.2, 0.25) is 0 Å². The first kappa shape index (κ1) is 16.1. The van der Waals surface area contributed by atoms with Crippen LogP contribution in [0.1, 0.15) is 5.56 Å². The molecule has 2 rings (SSSR count). The molecule has 0 N–H and O–H groups in total. The molecule has 0 saturated carbocycles. The molecule has 2 aromatic carbocycles. The molecule has 0 heterocycles. The van der Waals surface area contributed by atoms with Crippen LogP contribution < -0.4 is 0 Å². The molecular formula is C14H12BrF2NO2S. The van der Waals surface area contributed by atoms with Crippen LogP contribution in [0.5, 0.6) is 0 Å². The fraction of sp³-hybridized carbons (Fsp3) is 0.143. The van der Waals surface area contributed by atoms with Crippen molar-refractivity contribution in [2.45, 2.75) is 11.4 Å². The maximum Gasteiger partial charge on any atom is 0.243 e. The molecule has 0 atom stereocenters. The Kier molecular flexibility index (Phi) is 4.75. The molecule has 2 aromatic rings. The van der Waals surface area contributed by atoms with Gasteiger partial charge in [-0.1, -0.05) is 28.1 Å². The summed E-state index contributed by atoms with van der Waals surface area (Å²) in [7, 11) is -2.49. The summed E-state index contributed by atoms with van der Waals surface area (Å²) in [5.41, 5.74) is 0.776. The molecule has 0 aliphatic rings. The van der Waals surface area contributed by atoms with E-state index in [0.717, 1.165) is 26.5 Å². The molecule has 0 aliphatic carbocycles. The maximum atomic E-state index is 13.2. The van der Waals surface area contributed by atoms with Gasteiger partial charge in [0.1, 0.15) is 0 Å². The summed E-state index contributed by atoms with van der Waals surface area (Å²) >= 11 is 3.31. The average Bonchev–Trinajstić information content (AvgIpc) is 2.41. The average molecular weight is 376 g/mol. The third-order valence-corrected chi connectivity index (χ3v) is 5.19. The normalized spacial score (nSPS) is 11.9. The summed E-state index contributed by atoms with van der Waals surface area (Å²) in [5.74, 6) is -2.27. The van der Waals surface area contributed by atoms with Gasteiger partial charge < -0.3 is 0 Å². The third kappa shape index (κ3) is 3.66. The van der Waals surface area contributed by atoms with Crippen molar-refractivity contribution < 1.29 is 17.2 Å². The summed E-state index contributed by atoms with van der Waals surface area (Å²) < 4.78 is 52.6. The molecule has 0 saturated heterocycles. The minimum absolute atomic E-state index is 0.126. The third-order valence-electron chi connectivity index (χ3n) is 2.89. The molecule has 0 aliphatic heterocycles. The molecule has 0 spiro atoms. The lowest BCUT2D eigenvalue weighted by atomic mass is 10.2. The van der Waals surface area contributed by atoms with Crippen LogP contribution in [0.3, 0.4) is 0 Å². The van der Waals surface area contributed by atoms with Gasteiger partial charge in [0.2, 0.25) is 10.0 Å². The topological polar surface area (TPSA) is 37.4 Å². The highest BCUT2D eigenvalue weighted by Crippen LogP contribution is 2.20. The smallest absolute Gasteiger partial charge is 0.207 e. The summed E-state index contributed by atoms with van der Waals surface area (Å²) in [4.78, 5) is -0.279. The highest BCUT2D eigenvalue weighted by molar-refractivity contribution is 9.10. The molecule has 0 aromatic heterocycles. The Hall–Kier alpha value is -1.31. The molecule has 112 valence electrons. The molecular weight excluding hydrogens is 364 g/mol.